The first-order valence-electron chi connectivity index (χ1n) is 39.7. The molecule has 4 heterocycles. The number of carbonyl (C=O) groups is 12. The highest BCUT2D eigenvalue weighted by Gasteiger charge is 2.49. The van der Waals surface area contributed by atoms with Gasteiger partial charge in [0.25, 0.3) is 0 Å². The number of carbonyl (C=O) groups excluding carboxylic acids is 12. The number of phenolic OH excluding ortho intramolecular Hbond substituents is 1. The van der Waals surface area contributed by atoms with Crippen molar-refractivity contribution in [2.75, 3.05) is 62.8 Å². The molecule has 8 rings (SSSR count). The third-order valence-electron chi connectivity index (χ3n) is 20.9. The van der Waals surface area contributed by atoms with Gasteiger partial charge in [0.1, 0.15) is 88.8 Å². The molecule has 4 bridgehead atoms. The molecule has 122 heavy (non-hydrogen) atoms. The molecular weight excluding hydrogens is 1680 g/mol. The van der Waals surface area contributed by atoms with Gasteiger partial charge >= 0.3 is 12.1 Å². The Hall–Kier alpha value is -9.61. The second-order valence-corrected chi connectivity index (χ2v) is 36.2. The van der Waals surface area contributed by atoms with Gasteiger partial charge in [-0.3, -0.25) is 53.3 Å². The number of aromatic hydroxyl groups is 1. The molecular formula is C83H111ClN14O20S4. The number of amides is 11. The van der Waals surface area contributed by atoms with Crippen molar-refractivity contribution in [3.05, 3.63) is 148 Å². The maximum atomic E-state index is 15.1. The molecule has 18 N–H and O–H groups in total. The molecule has 0 unspecified atom stereocenters. The molecule has 15 atom stereocenters. The number of phenols is 1. The lowest BCUT2D eigenvalue weighted by Crippen LogP contribution is -2.64. The second-order valence-electron chi connectivity index (χ2n) is 30.7. The maximum Gasteiger partial charge on any atom is 0.409 e. The summed E-state index contributed by atoms with van der Waals surface area (Å²) in [5, 5.41) is 55.6. The van der Waals surface area contributed by atoms with Gasteiger partial charge in [-0.15, -0.1) is 0 Å². The third-order valence-corrected chi connectivity index (χ3v) is 26.2. The van der Waals surface area contributed by atoms with Crippen LogP contribution in [-0.2, 0) is 97.4 Å². The lowest BCUT2D eigenvalue weighted by Gasteiger charge is -2.44. The molecule has 2 saturated heterocycles. The van der Waals surface area contributed by atoms with E-state index in [0.717, 1.165) is 53.6 Å². The van der Waals surface area contributed by atoms with Gasteiger partial charge in [-0.1, -0.05) is 139 Å². The van der Waals surface area contributed by atoms with Gasteiger partial charge in [0.2, 0.25) is 59.1 Å². The minimum atomic E-state index is -1.99. The van der Waals surface area contributed by atoms with Gasteiger partial charge in [0, 0.05) is 87.0 Å². The van der Waals surface area contributed by atoms with Crippen LogP contribution in [0, 0.1) is 0 Å². The fraction of sp³-hybridized carbons (Fsp3) is 0.494. The molecule has 4 aromatic carbocycles. The zero-order chi connectivity index (χ0) is 89.3. The summed E-state index contributed by atoms with van der Waals surface area (Å²) in [5.74, 6) is -10.2. The van der Waals surface area contributed by atoms with Gasteiger partial charge in [-0.2, -0.15) is 0 Å². The second kappa shape index (κ2) is 46.2. The average Bonchev–Trinajstić information content (AvgIpc) is 0.822. The number of nitrogens with one attached hydrogen (secondary N) is 9. The number of methoxy groups -OCH3 is 2. The largest absolute Gasteiger partial charge is 0.508 e. The maximum absolute atomic E-state index is 15.1. The van der Waals surface area contributed by atoms with Crippen molar-refractivity contribution in [1.82, 2.24) is 52.4 Å². The van der Waals surface area contributed by atoms with Crippen LogP contribution in [-0.4, -0.2) is 250 Å². The molecule has 34 nitrogen and oxygen atoms in total. The number of ether oxygens (including phenoxy) is 5. The molecule has 0 aliphatic carbocycles. The van der Waals surface area contributed by atoms with Crippen LogP contribution in [0.2, 0.25) is 5.02 Å². The molecule has 0 saturated carbocycles. The van der Waals surface area contributed by atoms with Gasteiger partial charge < -0.3 is 108 Å². The van der Waals surface area contributed by atoms with Crippen LogP contribution in [0.15, 0.2) is 121 Å². The third kappa shape index (κ3) is 28.0. The highest BCUT2D eigenvalue weighted by molar-refractivity contribution is 8.77. The molecule has 11 amide bonds. The van der Waals surface area contributed by atoms with Crippen molar-refractivity contribution in [3.63, 3.8) is 0 Å². The number of rotatable bonds is 27. The first-order chi connectivity index (χ1) is 57.9. The predicted molar refractivity (Wildman–Crippen MR) is 467 cm³/mol. The molecule has 1 aromatic heterocycles. The zero-order valence-electron chi connectivity index (χ0n) is 69.6. The van der Waals surface area contributed by atoms with Crippen molar-refractivity contribution in [3.8, 4) is 11.5 Å². The molecule has 3 aliphatic heterocycles. The molecule has 664 valence electrons. The van der Waals surface area contributed by atoms with Crippen LogP contribution in [0.3, 0.4) is 0 Å². The normalized spacial score (nSPS) is 24.8. The number of para-hydroxylation sites is 1. The van der Waals surface area contributed by atoms with Crippen molar-refractivity contribution >= 4 is 143 Å². The Morgan fingerprint density at radius 1 is 0.836 bits per heavy atom. The van der Waals surface area contributed by atoms with Crippen molar-refractivity contribution < 1.29 is 96.5 Å². The van der Waals surface area contributed by atoms with Gasteiger partial charge in [0.15, 0.2) is 5.72 Å². The summed E-state index contributed by atoms with van der Waals surface area (Å²) < 4.78 is 29.7. The quantitative estimate of drug-likeness (QED) is 0.0202. The van der Waals surface area contributed by atoms with E-state index in [4.69, 9.17) is 52.5 Å². The minimum absolute atomic E-state index is 0.0513. The first-order valence-corrected chi connectivity index (χ1v) is 45.0. The van der Waals surface area contributed by atoms with E-state index in [1.165, 1.54) is 71.3 Å². The smallest absolute Gasteiger partial charge is 0.409 e. The molecule has 5 aromatic rings. The molecule has 0 spiro atoms. The number of likely N-dealkylation sites (N-methyl/N-ethyl adjacent to an activating group) is 1. The van der Waals surface area contributed by atoms with E-state index >= 15 is 9.59 Å². The number of aromatic amines is 1. The molecule has 39 heteroatoms. The van der Waals surface area contributed by atoms with Crippen LogP contribution < -0.4 is 69.4 Å². The number of anilines is 1. The number of aliphatic hydroxyl groups excluding tert-OH is 1. The monoisotopic (exact) mass is 1790 g/mol. The number of halogens is 1. The van der Waals surface area contributed by atoms with E-state index in [9.17, 15) is 63.3 Å². The van der Waals surface area contributed by atoms with Crippen molar-refractivity contribution in [1.29, 1.82) is 0 Å². The number of primary amides is 1. The SMILES string of the molecule is COc1cc2cc(c1Cl)N(C)C(=O)C[C@H](OC(=O)[C@H](C)N(C)C(=O)CCSSC[C@H](NC(=O)[C@@H]1CSSC[C@H](NC(=O)[C@H](N)Cc3ccccc3)C(=O)N[C@@H](Cc3ccc(O)cc3)C(=O)N[C@H](Cc3c[nH]c4ccccc34)C(=O)N[C@@H](CCCCN)C(=O)N[C@@H]([C@@H](C)O)C(=O)N1)C(N)=O)C(C)(C)O[C@H](C)[C@@H]1C[C@@](O)(NC(=O)O1)[C@H](OC)/C=C/C=C(\C)C2. The number of allylic oxidation sites excluding steroid dienone is 3. The summed E-state index contributed by atoms with van der Waals surface area (Å²) in [7, 11) is 9.66. The lowest BCUT2D eigenvalue weighted by atomic mass is 9.93. The Balaban J connectivity index is 0.996. The Kier molecular flexibility index (Phi) is 37.1. The minimum Gasteiger partial charge on any atom is -0.508 e. The standard InChI is InChI=1S/C83H111ClN14O20S4/c1-45-19-18-25-66(115-10)83(113)40-65(116-81(112)96-83)48(4)118-82(5,6)67(39-69(102)98(8)63-36-51(33-45)37-64(114-9)70(63)84)117-80(111)46(2)97(7)68(101)30-32-119-120-42-60(72(87)103)92-78(109)62-44-122-121-43-61(93-73(104)55(86)34-49-20-12-11-13-21-49)77(108)90-58(35-50-26-28-53(100)29-27-50)75(106)91-59(38-52-41-88-56-23-15-14-22-54(52)56)76(107)89-57(24-16-17-31-85)74(105)95-71(47(3)99)79(110)94-62/h11-15,18-23,25-29,36-37,41,46-48,55,57-62,65-67,71,88,99-100,113H,16-17,24,30-35,38-40,42-44,85-86H2,1-10H3,(H2,87,103)(H,89,107)(H,90,108)(H,91,106)(H,92,109)(H,93,104)(H,94,110)(H,95,105)(H,96,112)/b25-18+,45-19+/t46-,47+,48+,55+,57-,58-,59+,60-,61-,62-,65-,66+,67-,71-,83-/m0/s1. The van der Waals surface area contributed by atoms with Crippen molar-refractivity contribution in [2.45, 2.75) is 202 Å². The summed E-state index contributed by atoms with van der Waals surface area (Å²) in [6.07, 6.45) is -0.916. The van der Waals surface area contributed by atoms with Gasteiger partial charge in [-0.05, 0) is 133 Å². The van der Waals surface area contributed by atoms with E-state index in [2.05, 4.69) is 47.5 Å². The number of hydrogen-bond donors (Lipinski definition) is 15. The van der Waals surface area contributed by atoms with E-state index < -0.39 is 174 Å². The highest BCUT2D eigenvalue weighted by Crippen LogP contribution is 2.39. The van der Waals surface area contributed by atoms with Crippen molar-refractivity contribution in [2.24, 2.45) is 17.2 Å². The summed E-state index contributed by atoms with van der Waals surface area (Å²) in [4.78, 5) is 178. The van der Waals surface area contributed by atoms with Crippen LogP contribution in [0.25, 0.3) is 10.9 Å². The summed E-state index contributed by atoms with van der Waals surface area (Å²) in [6.45, 7) is 9.39. The Bertz CT molecular complexity index is 4570. The Morgan fingerprint density at radius 3 is 2.18 bits per heavy atom. The number of benzene rings is 4. The number of hydrogen-bond acceptors (Lipinski definition) is 26. The fourth-order valence-corrected chi connectivity index (χ4v) is 18.5. The summed E-state index contributed by atoms with van der Waals surface area (Å²) >= 11 is 6.88. The number of esters is 1. The van der Waals surface area contributed by atoms with Crippen LogP contribution in [0.5, 0.6) is 11.5 Å². The first kappa shape index (κ1) is 97.8. The van der Waals surface area contributed by atoms with Gasteiger partial charge in [0.05, 0.1) is 37.5 Å². The van der Waals surface area contributed by atoms with E-state index in [0.29, 0.717) is 46.0 Å². The number of fused-ring (bicyclic) bond motifs is 5. The highest BCUT2D eigenvalue weighted by atomic mass is 35.5. The topological polar surface area (TPSA) is 508 Å². The number of alkyl carbamates (subject to hydrolysis) is 1. The Morgan fingerprint density at radius 2 is 1.50 bits per heavy atom. The molecule has 0 radical (unpaired) electrons. The summed E-state index contributed by atoms with van der Waals surface area (Å²) in [6, 6.07) is 12.0. The van der Waals surface area contributed by atoms with Crippen LogP contribution in [0.1, 0.15) is 102 Å². The predicted octanol–water partition coefficient (Wildman–Crippen LogP) is 3.70. The number of H-pyrrole nitrogens is 1. The zero-order valence-corrected chi connectivity index (χ0v) is 73.6. The number of aromatic nitrogens is 1. The van der Waals surface area contributed by atoms with Gasteiger partial charge in [-0.25, -0.2) is 9.59 Å². The molecule has 2 fully saturated rings. The average molecular weight is 1790 g/mol. The fourth-order valence-electron chi connectivity index (χ4n) is 13.7. The number of unbranched alkanes of at least 4 members (excludes halogenated alkanes) is 1. The number of nitrogens with two attached hydrogens (primary N) is 3. The van der Waals surface area contributed by atoms with Crippen LogP contribution in [0.4, 0.5) is 10.5 Å². The lowest BCUT2D eigenvalue weighted by molar-refractivity contribution is -0.203. The van der Waals surface area contributed by atoms with E-state index in [-0.39, 0.29) is 96.7 Å². The van der Waals surface area contributed by atoms with Crippen LogP contribution >= 0.6 is 54.8 Å². The number of nitrogens with zero attached hydrogens (tertiary/aromatic N) is 2. The van der Waals surface area contributed by atoms with E-state index in [1.54, 1.807) is 106 Å². The Labute approximate surface area is 728 Å². The molecule has 3 aliphatic rings. The number of aliphatic hydroxyl groups is 2. The van der Waals surface area contributed by atoms with E-state index in [1.807, 2.05) is 13.0 Å². The summed E-state index contributed by atoms with van der Waals surface area (Å²) in [5.41, 5.74) is 19.0.